The number of alkyl halides is 1. The van der Waals surface area contributed by atoms with Crippen LogP contribution in [0.5, 0.6) is 0 Å². The number of aromatic nitrogens is 4. The van der Waals surface area contributed by atoms with Crippen LogP contribution in [-0.2, 0) is 0 Å². The fourth-order valence-corrected chi connectivity index (χ4v) is 3.60. The molecule has 2 unspecified atom stereocenters. The molecule has 3 rings (SSSR count). The first kappa shape index (κ1) is 11.9. The highest BCUT2D eigenvalue weighted by atomic mass is 79.9. The highest BCUT2D eigenvalue weighted by molar-refractivity contribution is 9.09. The van der Waals surface area contributed by atoms with Gasteiger partial charge in [-0.25, -0.2) is 4.98 Å². The molecule has 0 radical (unpaired) electrons. The number of anilines is 1. The smallest absolute Gasteiger partial charge is 0.203 e. The Labute approximate surface area is 114 Å². The van der Waals surface area contributed by atoms with E-state index >= 15 is 0 Å². The summed E-state index contributed by atoms with van der Waals surface area (Å²) in [6.45, 7) is 0. The Morgan fingerprint density at radius 3 is 3.06 bits per heavy atom. The average Bonchev–Trinajstić information content (AvgIpc) is 2.86. The molecule has 1 aliphatic rings. The maximum absolute atomic E-state index is 4.47. The van der Waals surface area contributed by atoms with Crippen molar-refractivity contribution < 1.29 is 0 Å². The van der Waals surface area contributed by atoms with Gasteiger partial charge in [0.05, 0.1) is 0 Å². The Morgan fingerprint density at radius 2 is 2.22 bits per heavy atom. The molecule has 2 atom stereocenters. The summed E-state index contributed by atoms with van der Waals surface area (Å²) in [5, 5.41) is 8.10. The summed E-state index contributed by atoms with van der Waals surface area (Å²) in [5.74, 6) is 0.909. The zero-order valence-corrected chi connectivity index (χ0v) is 11.9. The van der Waals surface area contributed by atoms with Gasteiger partial charge in [0.15, 0.2) is 5.82 Å². The number of nitrogens with zero attached hydrogens (tertiary/aromatic N) is 5. The molecular weight excluding hydrogens is 294 g/mol. The van der Waals surface area contributed by atoms with Crippen LogP contribution in [0.15, 0.2) is 18.7 Å². The Balaban J connectivity index is 1.95. The SMILES string of the molecule is CN(c1nccn2cnnc12)C1CCCCC1Br. The van der Waals surface area contributed by atoms with Crippen LogP contribution < -0.4 is 4.90 Å². The van der Waals surface area contributed by atoms with Gasteiger partial charge in [-0.3, -0.25) is 4.40 Å². The van der Waals surface area contributed by atoms with Crippen LogP contribution >= 0.6 is 15.9 Å². The summed E-state index contributed by atoms with van der Waals surface area (Å²) in [4.78, 5) is 7.24. The van der Waals surface area contributed by atoms with Crippen molar-refractivity contribution in [1.29, 1.82) is 0 Å². The molecular formula is C12H16BrN5. The normalized spacial score (nSPS) is 24.3. The molecule has 2 heterocycles. The monoisotopic (exact) mass is 309 g/mol. The van der Waals surface area contributed by atoms with E-state index in [-0.39, 0.29) is 0 Å². The highest BCUT2D eigenvalue weighted by Gasteiger charge is 2.28. The second kappa shape index (κ2) is 4.84. The summed E-state index contributed by atoms with van der Waals surface area (Å²) in [6.07, 6.45) is 10.4. The predicted octanol–water partition coefficient (Wildman–Crippen LogP) is 2.27. The molecule has 0 bridgehead atoms. The molecule has 0 aliphatic heterocycles. The van der Waals surface area contributed by atoms with Crippen molar-refractivity contribution in [2.24, 2.45) is 0 Å². The molecule has 18 heavy (non-hydrogen) atoms. The highest BCUT2D eigenvalue weighted by Crippen LogP contribution is 2.30. The van der Waals surface area contributed by atoms with Gasteiger partial charge in [-0.05, 0) is 12.8 Å². The minimum absolute atomic E-state index is 0.481. The van der Waals surface area contributed by atoms with Crippen molar-refractivity contribution in [1.82, 2.24) is 19.6 Å². The van der Waals surface area contributed by atoms with Gasteiger partial charge < -0.3 is 4.90 Å². The van der Waals surface area contributed by atoms with Crippen LogP contribution in [0.1, 0.15) is 25.7 Å². The second-order valence-electron chi connectivity index (χ2n) is 4.79. The Kier molecular flexibility index (Phi) is 3.20. The summed E-state index contributed by atoms with van der Waals surface area (Å²) in [7, 11) is 2.10. The molecule has 2 aromatic rings. The average molecular weight is 310 g/mol. The standard InChI is InChI=1S/C12H16BrN5/c1-17(10-5-3-2-4-9(10)13)11-12-16-15-8-18(12)7-6-14-11/h6-10H,2-5H2,1H3. The van der Waals surface area contributed by atoms with Gasteiger partial charge in [0.1, 0.15) is 6.33 Å². The number of hydrogen-bond acceptors (Lipinski definition) is 4. The van der Waals surface area contributed by atoms with Crippen molar-refractivity contribution in [3.8, 4) is 0 Å². The van der Waals surface area contributed by atoms with Crippen LogP contribution in [-0.4, -0.2) is 37.5 Å². The van der Waals surface area contributed by atoms with E-state index in [4.69, 9.17) is 0 Å². The lowest BCUT2D eigenvalue weighted by molar-refractivity contribution is 0.442. The van der Waals surface area contributed by atoms with Crippen LogP contribution in [0.4, 0.5) is 5.82 Å². The lowest BCUT2D eigenvalue weighted by Crippen LogP contribution is -2.41. The molecule has 96 valence electrons. The molecule has 1 aliphatic carbocycles. The van der Waals surface area contributed by atoms with Crippen molar-refractivity contribution in [3.05, 3.63) is 18.7 Å². The second-order valence-corrected chi connectivity index (χ2v) is 5.97. The zero-order chi connectivity index (χ0) is 12.5. The Morgan fingerprint density at radius 1 is 1.39 bits per heavy atom. The molecule has 0 saturated heterocycles. The number of halogens is 1. The van der Waals surface area contributed by atoms with E-state index in [9.17, 15) is 0 Å². The van der Waals surface area contributed by atoms with Crippen LogP contribution in [0.25, 0.3) is 5.65 Å². The van der Waals surface area contributed by atoms with Gasteiger partial charge in [-0.15, -0.1) is 10.2 Å². The van der Waals surface area contributed by atoms with Crippen molar-refractivity contribution in [2.45, 2.75) is 36.6 Å². The van der Waals surface area contributed by atoms with E-state index < -0.39 is 0 Å². The summed E-state index contributed by atoms with van der Waals surface area (Å²) >= 11 is 3.80. The molecule has 2 aromatic heterocycles. The number of fused-ring (bicyclic) bond motifs is 1. The quantitative estimate of drug-likeness (QED) is 0.798. The predicted molar refractivity (Wildman–Crippen MR) is 74.2 cm³/mol. The van der Waals surface area contributed by atoms with Gasteiger partial charge in [-0.1, -0.05) is 28.8 Å². The molecule has 0 aromatic carbocycles. The Bertz CT molecular complexity index is 540. The number of hydrogen-bond donors (Lipinski definition) is 0. The van der Waals surface area contributed by atoms with Gasteiger partial charge in [0.2, 0.25) is 5.65 Å². The molecule has 0 amide bonds. The fourth-order valence-electron chi connectivity index (χ4n) is 2.65. The van der Waals surface area contributed by atoms with E-state index in [0.717, 1.165) is 11.5 Å². The minimum atomic E-state index is 0.481. The third-order valence-corrected chi connectivity index (χ3v) is 4.74. The molecule has 5 nitrogen and oxygen atoms in total. The third kappa shape index (κ3) is 1.98. The fraction of sp³-hybridized carbons (Fsp3) is 0.583. The van der Waals surface area contributed by atoms with E-state index in [0.29, 0.717) is 10.9 Å². The maximum Gasteiger partial charge on any atom is 0.203 e. The van der Waals surface area contributed by atoms with Crippen LogP contribution in [0.2, 0.25) is 0 Å². The van der Waals surface area contributed by atoms with Crippen LogP contribution in [0.3, 0.4) is 0 Å². The van der Waals surface area contributed by atoms with Crippen molar-refractivity contribution >= 4 is 27.4 Å². The van der Waals surface area contributed by atoms with E-state index in [2.05, 4.69) is 43.1 Å². The van der Waals surface area contributed by atoms with E-state index in [1.54, 1.807) is 12.5 Å². The maximum atomic E-state index is 4.47. The van der Waals surface area contributed by atoms with Crippen LogP contribution in [0, 0.1) is 0 Å². The largest absolute Gasteiger partial charge is 0.352 e. The van der Waals surface area contributed by atoms with Gasteiger partial charge in [0.25, 0.3) is 0 Å². The van der Waals surface area contributed by atoms with Gasteiger partial charge >= 0.3 is 0 Å². The van der Waals surface area contributed by atoms with Gasteiger partial charge in [0, 0.05) is 30.3 Å². The molecule has 1 fully saturated rings. The molecule has 0 spiro atoms. The topological polar surface area (TPSA) is 46.3 Å². The first-order valence-corrected chi connectivity index (χ1v) is 7.20. The third-order valence-electron chi connectivity index (χ3n) is 3.68. The first-order valence-electron chi connectivity index (χ1n) is 6.28. The summed E-state index contributed by atoms with van der Waals surface area (Å²) in [5.41, 5.74) is 0.824. The molecule has 1 saturated carbocycles. The van der Waals surface area contributed by atoms with Crippen molar-refractivity contribution in [3.63, 3.8) is 0 Å². The lowest BCUT2D eigenvalue weighted by atomic mass is 9.94. The number of rotatable bonds is 2. The summed E-state index contributed by atoms with van der Waals surface area (Å²) in [6, 6.07) is 0.481. The van der Waals surface area contributed by atoms with Crippen molar-refractivity contribution in [2.75, 3.05) is 11.9 Å². The zero-order valence-electron chi connectivity index (χ0n) is 10.3. The molecule has 0 N–H and O–H groups in total. The van der Waals surface area contributed by atoms with Gasteiger partial charge in [-0.2, -0.15) is 0 Å². The lowest BCUT2D eigenvalue weighted by Gasteiger charge is -2.35. The first-order chi connectivity index (χ1) is 8.77. The van der Waals surface area contributed by atoms with E-state index in [1.165, 1.54) is 25.7 Å². The minimum Gasteiger partial charge on any atom is -0.352 e. The Hall–Kier alpha value is -1.17. The van der Waals surface area contributed by atoms with E-state index in [1.807, 2.05) is 10.6 Å². The molecule has 6 heteroatoms. The summed E-state index contributed by atoms with van der Waals surface area (Å²) < 4.78 is 1.91.